The minimum atomic E-state index is -1.87. The second-order valence-corrected chi connectivity index (χ2v) is 9.65. The molecule has 2 aliphatic heterocycles. The zero-order chi connectivity index (χ0) is 29.6. The lowest BCUT2D eigenvalue weighted by molar-refractivity contribution is -0.338. The predicted octanol–water partition coefficient (Wildman–Crippen LogP) is -1.78. The van der Waals surface area contributed by atoms with Gasteiger partial charge in [0.25, 0.3) is 0 Å². The van der Waals surface area contributed by atoms with Crippen molar-refractivity contribution in [3.8, 4) is 34.3 Å². The smallest absolute Gasteiger partial charge is 0.239 e. The van der Waals surface area contributed by atoms with Gasteiger partial charge in [0.05, 0.1) is 13.2 Å². The van der Waals surface area contributed by atoms with Crippen LogP contribution in [0.4, 0.5) is 0 Å². The highest BCUT2D eigenvalue weighted by molar-refractivity contribution is 5.88. The molecule has 1 aromatic heterocycles. The van der Waals surface area contributed by atoms with E-state index in [1.807, 2.05) is 0 Å². The van der Waals surface area contributed by atoms with E-state index in [1.165, 1.54) is 24.3 Å². The summed E-state index contributed by atoms with van der Waals surface area (Å²) in [6.07, 6.45) is -14.7. The topological polar surface area (TPSA) is 249 Å². The van der Waals surface area contributed by atoms with Crippen LogP contribution in [0, 0.1) is 0 Å². The van der Waals surface area contributed by atoms with Gasteiger partial charge < -0.3 is 69.3 Å². The summed E-state index contributed by atoms with van der Waals surface area (Å²) in [4.78, 5) is 13.5. The molecule has 3 aromatic rings. The quantitative estimate of drug-likeness (QED) is 0.156. The zero-order valence-electron chi connectivity index (χ0n) is 21.0. The number of aliphatic hydroxyl groups is 6. The molecule has 0 spiro atoms. The van der Waals surface area contributed by atoms with Crippen LogP contribution in [0.3, 0.4) is 0 Å². The monoisotopic (exact) mass is 580 g/mol. The summed E-state index contributed by atoms with van der Waals surface area (Å²) in [5.74, 6) is -1.84. The third-order valence-electron chi connectivity index (χ3n) is 6.87. The Morgan fingerprint density at radius 1 is 0.829 bits per heavy atom. The highest BCUT2D eigenvalue weighted by atomic mass is 16.7. The molecule has 0 amide bonds. The number of fused-ring (bicyclic) bond motifs is 1. The number of hydrogen-bond donors (Lipinski definition) is 9. The molecule has 3 heterocycles. The maximum absolute atomic E-state index is 13.5. The van der Waals surface area contributed by atoms with Crippen molar-refractivity contribution in [2.75, 3.05) is 13.2 Å². The van der Waals surface area contributed by atoms with Crippen molar-refractivity contribution < 1.29 is 69.3 Å². The molecule has 5 rings (SSSR count). The first kappa shape index (κ1) is 29.0. The largest absolute Gasteiger partial charge is 0.508 e. The Bertz CT molecular complexity index is 1440. The molecule has 2 aliphatic rings. The number of aromatic hydroxyl groups is 3. The molecule has 0 saturated carbocycles. The molecule has 0 unspecified atom stereocenters. The Morgan fingerprint density at radius 2 is 1.51 bits per heavy atom. The van der Waals surface area contributed by atoms with Crippen LogP contribution in [0.15, 0.2) is 45.6 Å². The molecule has 0 radical (unpaired) electrons. The molecular formula is C26H28O15. The second kappa shape index (κ2) is 11.4. The van der Waals surface area contributed by atoms with E-state index in [9.17, 15) is 50.8 Å². The van der Waals surface area contributed by atoms with Crippen molar-refractivity contribution in [3.05, 3.63) is 46.6 Å². The van der Waals surface area contributed by atoms with Gasteiger partial charge in [-0.2, -0.15) is 0 Å². The average Bonchev–Trinajstić information content (AvgIpc) is 2.94. The summed E-state index contributed by atoms with van der Waals surface area (Å²) >= 11 is 0. The Kier molecular flexibility index (Phi) is 8.06. The average molecular weight is 580 g/mol. The second-order valence-electron chi connectivity index (χ2n) is 9.65. The van der Waals surface area contributed by atoms with Gasteiger partial charge in [-0.1, -0.05) is 0 Å². The summed E-state index contributed by atoms with van der Waals surface area (Å²) in [7, 11) is 0. The van der Waals surface area contributed by atoms with Gasteiger partial charge in [-0.25, -0.2) is 0 Å². The fourth-order valence-corrected chi connectivity index (χ4v) is 4.64. The minimum Gasteiger partial charge on any atom is -0.508 e. The summed E-state index contributed by atoms with van der Waals surface area (Å²) in [6.45, 7) is -1.19. The van der Waals surface area contributed by atoms with Crippen LogP contribution < -0.4 is 10.2 Å². The molecule has 0 bridgehead atoms. The number of hydrogen-bond acceptors (Lipinski definition) is 15. The van der Waals surface area contributed by atoms with Crippen LogP contribution in [0.5, 0.6) is 23.0 Å². The number of benzene rings is 2. The predicted molar refractivity (Wildman–Crippen MR) is 134 cm³/mol. The van der Waals surface area contributed by atoms with Gasteiger partial charge in [0, 0.05) is 17.7 Å². The van der Waals surface area contributed by atoms with Crippen molar-refractivity contribution >= 4 is 11.0 Å². The first-order chi connectivity index (χ1) is 19.5. The standard InChI is InChI=1S/C26H28O15/c27-7-14-17(31)20(34)22(36)26(39-14)40-15-8-37-25(21(35)18(15)32)41-24-19(33)16-12(30)5-11(29)6-13(16)38-23(24)9-1-3-10(28)4-2-9/h1-6,14-15,17-18,20-22,25-32,34-36H,7-8H2/t14-,15-,17-,18+,20+,21-,22-,25+,26+/m1/s1. The number of phenols is 3. The van der Waals surface area contributed by atoms with Crippen molar-refractivity contribution in [2.45, 2.75) is 55.3 Å². The van der Waals surface area contributed by atoms with E-state index in [1.54, 1.807) is 0 Å². The lowest BCUT2D eigenvalue weighted by atomic mass is 9.99. The van der Waals surface area contributed by atoms with Crippen LogP contribution in [-0.4, -0.2) is 114 Å². The maximum Gasteiger partial charge on any atom is 0.239 e. The van der Waals surface area contributed by atoms with E-state index in [0.717, 1.165) is 12.1 Å². The normalized spacial score (nSPS) is 32.2. The molecule has 222 valence electrons. The van der Waals surface area contributed by atoms with Crippen molar-refractivity contribution in [2.24, 2.45) is 0 Å². The Labute approximate surface area is 230 Å². The third-order valence-corrected chi connectivity index (χ3v) is 6.87. The van der Waals surface area contributed by atoms with E-state index in [2.05, 4.69) is 0 Å². The Balaban J connectivity index is 1.42. The van der Waals surface area contributed by atoms with E-state index < -0.39 is 85.4 Å². The number of aliphatic hydroxyl groups excluding tert-OH is 6. The lowest BCUT2D eigenvalue weighted by Gasteiger charge is -2.43. The van der Waals surface area contributed by atoms with Gasteiger partial charge in [0.1, 0.15) is 70.9 Å². The molecule has 2 aromatic carbocycles. The maximum atomic E-state index is 13.5. The molecule has 2 fully saturated rings. The summed E-state index contributed by atoms with van der Waals surface area (Å²) < 4.78 is 27.7. The SMILES string of the molecule is O=c1c(O[C@@H]2OC[C@@H](O[C@@H]3O[C@H](CO)[C@@H](O)[C@H](O)[C@H]3O)[C@H](O)[C@H]2O)c(-c2ccc(O)cc2)oc2cc(O)cc(O)c12. The first-order valence-corrected chi connectivity index (χ1v) is 12.4. The molecular weight excluding hydrogens is 552 g/mol. The van der Waals surface area contributed by atoms with Crippen LogP contribution in [0.25, 0.3) is 22.3 Å². The highest BCUT2D eigenvalue weighted by Crippen LogP contribution is 2.37. The fraction of sp³-hybridized carbons (Fsp3) is 0.423. The third kappa shape index (κ3) is 5.42. The molecule has 15 heteroatoms. The van der Waals surface area contributed by atoms with E-state index in [4.69, 9.17) is 23.4 Å². The molecule has 2 saturated heterocycles. The van der Waals surface area contributed by atoms with Gasteiger partial charge in [-0.05, 0) is 24.3 Å². The van der Waals surface area contributed by atoms with Crippen molar-refractivity contribution in [1.82, 2.24) is 0 Å². The first-order valence-electron chi connectivity index (χ1n) is 12.4. The Morgan fingerprint density at radius 3 is 2.20 bits per heavy atom. The van der Waals surface area contributed by atoms with Gasteiger partial charge in [0.2, 0.25) is 17.5 Å². The Hall–Kier alpha value is -3.51. The van der Waals surface area contributed by atoms with Crippen LogP contribution >= 0.6 is 0 Å². The van der Waals surface area contributed by atoms with Gasteiger partial charge in [-0.15, -0.1) is 0 Å². The van der Waals surface area contributed by atoms with Crippen molar-refractivity contribution in [1.29, 1.82) is 0 Å². The number of ether oxygens (including phenoxy) is 4. The molecule has 9 N–H and O–H groups in total. The van der Waals surface area contributed by atoms with Crippen LogP contribution in [-0.2, 0) is 14.2 Å². The zero-order valence-corrected chi connectivity index (χ0v) is 21.0. The molecule has 41 heavy (non-hydrogen) atoms. The van der Waals surface area contributed by atoms with Gasteiger partial charge >= 0.3 is 0 Å². The highest BCUT2D eigenvalue weighted by Gasteiger charge is 2.48. The summed E-state index contributed by atoms with van der Waals surface area (Å²) in [5, 5.41) is 90.5. The van der Waals surface area contributed by atoms with Gasteiger partial charge in [0.15, 0.2) is 12.1 Å². The minimum absolute atomic E-state index is 0.0887. The van der Waals surface area contributed by atoms with Crippen LogP contribution in [0.2, 0.25) is 0 Å². The molecule has 9 atom stereocenters. The number of rotatable bonds is 6. The van der Waals surface area contributed by atoms with Crippen LogP contribution in [0.1, 0.15) is 0 Å². The summed E-state index contributed by atoms with van der Waals surface area (Å²) in [6, 6.07) is 7.42. The van der Waals surface area contributed by atoms with Crippen molar-refractivity contribution in [3.63, 3.8) is 0 Å². The summed E-state index contributed by atoms with van der Waals surface area (Å²) in [5.41, 5.74) is -0.868. The molecule has 15 nitrogen and oxygen atoms in total. The van der Waals surface area contributed by atoms with Gasteiger partial charge in [-0.3, -0.25) is 4.79 Å². The number of phenolic OH excluding ortho intramolecular Hbond substituents is 3. The van der Waals surface area contributed by atoms with E-state index >= 15 is 0 Å². The molecule has 0 aliphatic carbocycles. The fourth-order valence-electron chi connectivity index (χ4n) is 4.64. The lowest BCUT2D eigenvalue weighted by Crippen LogP contribution is -2.62. The van der Waals surface area contributed by atoms with E-state index in [-0.39, 0.29) is 33.8 Å². The van der Waals surface area contributed by atoms with E-state index in [0.29, 0.717) is 0 Å².